The Labute approximate surface area is 252 Å². The Morgan fingerprint density at radius 3 is 2.00 bits per heavy atom. The van der Waals surface area contributed by atoms with E-state index < -0.39 is 28.5 Å². The van der Waals surface area contributed by atoms with Crippen LogP contribution in [0.3, 0.4) is 0 Å². The fraction of sp³-hybridized carbons (Fsp3) is 0.212. The highest BCUT2D eigenvalue weighted by Crippen LogP contribution is 2.25. The van der Waals surface area contributed by atoms with Gasteiger partial charge in [0.2, 0.25) is 11.8 Å². The molecule has 0 aromatic heterocycles. The number of halogens is 1. The molecule has 1 atom stereocenters. The Morgan fingerprint density at radius 2 is 1.38 bits per heavy atom. The van der Waals surface area contributed by atoms with Crippen molar-refractivity contribution in [3.63, 3.8) is 0 Å². The summed E-state index contributed by atoms with van der Waals surface area (Å²) in [5.41, 5.74) is 1.84. The van der Waals surface area contributed by atoms with Crippen molar-refractivity contribution in [2.24, 2.45) is 0 Å². The van der Waals surface area contributed by atoms with E-state index in [9.17, 15) is 18.0 Å². The van der Waals surface area contributed by atoms with Crippen molar-refractivity contribution in [1.82, 2.24) is 10.2 Å². The molecule has 4 aromatic rings. The molecule has 0 bridgehead atoms. The van der Waals surface area contributed by atoms with Crippen molar-refractivity contribution in [1.29, 1.82) is 0 Å². The minimum Gasteiger partial charge on any atom is -0.354 e. The number of sulfonamides is 1. The van der Waals surface area contributed by atoms with Crippen LogP contribution in [0.2, 0.25) is 5.02 Å². The lowest BCUT2D eigenvalue weighted by Crippen LogP contribution is -2.53. The summed E-state index contributed by atoms with van der Waals surface area (Å²) in [5, 5.41) is 3.38. The summed E-state index contributed by atoms with van der Waals surface area (Å²) in [6, 6.07) is 32.1. The van der Waals surface area contributed by atoms with Gasteiger partial charge in [0, 0.05) is 24.5 Å². The number of para-hydroxylation sites is 1. The number of hydrogen-bond donors (Lipinski definition) is 1. The Kier molecular flexibility index (Phi) is 10.8. The second-order valence-electron chi connectivity index (χ2n) is 9.77. The summed E-state index contributed by atoms with van der Waals surface area (Å²) in [6.07, 6.45) is 0.961. The lowest BCUT2D eigenvalue weighted by atomic mass is 10.0. The number of anilines is 1. The number of rotatable bonds is 13. The van der Waals surface area contributed by atoms with Gasteiger partial charge in [0.15, 0.2) is 0 Å². The molecule has 0 spiro atoms. The van der Waals surface area contributed by atoms with Crippen molar-refractivity contribution < 1.29 is 18.0 Å². The molecule has 0 unspecified atom stereocenters. The monoisotopic (exact) mass is 603 g/mol. The smallest absolute Gasteiger partial charge is 0.264 e. The van der Waals surface area contributed by atoms with E-state index in [0.29, 0.717) is 22.8 Å². The van der Waals surface area contributed by atoms with Gasteiger partial charge in [-0.05, 0) is 47.9 Å². The first-order valence-electron chi connectivity index (χ1n) is 13.8. The van der Waals surface area contributed by atoms with Crippen molar-refractivity contribution in [2.75, 3.05) is 17.4 Å². The summed E-state index contributed by atoms with van der Waals surface area (Å²) in [7, 11) is -4.12. The molecule has 7 nitrogen and oxygen atoms in total. The van der Waals surface area contributed by atoms with Crippen LogP contribution in [0, 0.1) is 0 Å². The first kappa shape index (κ1) is 30.8. The summed E-state index contributed by atoms with van der Waals surface area (Å²) in [5.74, 6) is -0.857. The van der Waals surface area contributed by atoms with E-state index in [4.69, 9.17) is 11.6 Å². The van der Waals surface area contributed by atoms with Crippen LogP contribution in [0.15, 0.2) is 120 Å². The van der Waals surface area contributed by atoms with Crippen molar-refractivity contribution in [3.8, 4) is 0 Å². The van der Waals surface area contributed by atoms with Crippen LogP contribution in [-0.2, 0) is 32.6 Å². The third kappa shape index (κ3) is 7.78. The van der Waals surface area contributed by atoms with Gasteiger partial charge in [0.05, 0.1) is 10.6 Å². The number of nitrogens with zero attached hydrogens (tertiary/aromatic N) is 2. The van der Waals surface area contributed by atoms with Gasteiger partial charge in [0.25, 0.3) is 10.0 Å². The van der Waals surface area contributed by atoms with E-state index in [1.165, 1.54) is 17.0 Å². The maximum atomic E-state index is 14.3. The second kappa shape index (κ2) is 14.7. The van der Waals surface area contributed by atoms with Crippen LogP contribution in [0.5, 0.6) is 0 Å². The fourth-order valence-electron chi connectivity index (χ4n) is 4.57. The molecule has 0 saturated carbocycles. The van der Waals surface area contributed by atoms with Crippen LogP contribution in [0.25, 0.3) is 0 Å². The van der Waals surface area contributed by atoms with Crippen molar-refractivity contribution in [2.45, 2.75) is 37.2 Å². The average molecular weight is 604 g/mol. The second-order valence-corrected chi connectivity index (χ2v) is 12.0. The normalized spacial score (nSPS) is 11.9. The SMILES string of the molecule is CCCNC(=O)[C@H](Cc1ccccc1)N(Cc1ccccc1Cl)C(=O)CN(c1ccccc1)S(=O)(=O)c1ccccc1. The summed E-state index contributed by atoms with van der Waals surface area (Å²) in [4.78, 5) is 29.5. The molecule has 2 amide bonds. The molecule has 0 aliphatic rings. The van der Waals surface area contributed by atoms with Crippen molar-refractivity contribution in [3.05, 3.63) is 131 Å². The number of benzene rings is 4. The average Bonchev–Trinajstić information content (AvgIpc) is 3.02. The Hall–Kier alpha value is -4.14. The topological polar surface area (TPSA) is 86.8 Å². The molecule has 0 heterocycles. The molecule has 1 N–H and O–H groups in total. The highest BCUT2D eigenvalue weighted by atomic mass is 35.5. The van der Waals surface area contributed by atoms with Gasteiger partial charge in [-0.25, -0.2) is 8.42 Å². The van der Waals surface area contributed by atoms with E-state index in [0.717, 1.165) is 16.3 Å². The number of hydrogen-bond acceptors (Lipinski definition) is 4. The first-order valence-corrected chi connectivity index (χ1v) is 15.6. The standard InChI is InChI=1S/C33H34ClN3O4S/c1-2-22-35-33(39)31(23-26-14-6-3-7-15-26)36(24-27-16-12-13-21-30(27)34)32(38)25-37(28-17-8-4-9-18-28)42(40,41)29-19-10-5-11-20-29/h3-21,31H,2,22-25H2,1H3,(H,35,39)/t31-/m0/s1. The summed E-state index contributed by atoms with van der Waals surface area (Å²) in [6.45, 7) is 1.89. The molecular weight excluding hydrogens is 570 g/mol. The molecule has 0 fully saturated rings. The van der Waals surface area contributed by atoms with Crippen LogP contribution in [0.1, 0.15) is 24.5 Å². The van der Waals surface area contributed by atoms with Crippen molar-refractivity contribution >= 4 is 39.1 Å². The zero-order valence-corrected chi connectivity index (χ0v) is 25.0. The Bertz CT molecular complexity index is 1570. The number of carbonyl (C=O) groups excluding carboxylic acids is 2. The lowest BCUT2D eigenvalue weighted by Gasteiger charge is -2.34. The highest BCUT2D eigenvalue weighted by molar-refractivity contribution is 7.92. The number of carbonyl (C=O) groups is 2. The highest BCUT2D eigenvalue weighted by Gasteiger charge is 2.34. The van der Waals surface area contributed by atoms with Crippen LogP contribution in [-0.4, -0.2) is 44.3 Å². The van der Waals surface area contributed by atoms with E-state index in [2.05, 4.69) is 5.32 Å². The molecule has 0 aliphatic heterocycles. The molecule has 9 heteroatoms. The first-order chi connectivity index (χ1) is 20.3. The molecule has 4 aromatic carbocycles. The van der Waals surface area contributed by atoms with Gasteiger partial charge in [-0.15, -0.1) is 0 Å². The fourth-order valence-corrected chi connectivity index (χ4v) is 6.20. The molecular formula is C33H34ClN3O4S. The van der Waals surface area contributed by atoms with Gasteiger partial charge in [-0.1, -0.05) is 103 Å². The molecule has 4 rings (SSSR count). The van der Waals surface area contributed by atoms with Gasteiger partial charge >= 0.3 is 0 Å². The maximum absolute atomic E-state index is 14.3. The lowest BCUT2D eigenvalue weighted by molar-refractivity contribution is -0.140. The Balaban J connectivity index is 1.78. The number of amides is 2. The van der Waals surface area contributed by atoms with Crippen LogP contribution in [0.4, 0.5) is 5.69 Å². The largest absolute Gasteiger partial charge is 0.354 e. The minimum absolute atomic E-state index is 0.0174. The maximum Gasteiger partial charge on any atom is 0.264 e. The quantitative estimate of drug-likeness (QED) is 0.212. The molecule has 0 radical (unpaired) electrons. The molecule has 0 aliphatic carbocycles. The van der Waals surface area contributed by atoms with Gasteiger partial charge in [0.1, 0.15) is 12.6 Å². The third-order valence-corrected chi connectivity index (χ3v) is 8.93. The van der Waals surface area contributed by atoms with Crippen LogP contribution < -0.4 is 9.62 Å². The van der Waals surface area contributed by atoms with Gasteiger partial charge in [-0.2, -0.15) is 0 Å². The summed E-state index contributed by atoms with van der Waals surface area (Å²) < 4.78 is 28.9. The molecule has 42 heavy (non-hydrogen) atoms. The predicted octanol–water partition coefficient (Wildman–Crippen LogP) is 5.70. The number of nitrogens with one attached hydrogen (secondary N) is 1. The van der Waals surface area contributed by atoms with Gasteiger partial charge in [-0.3, -0.25) is 13.9 Å². The van der Waals surface area contributed by atoms with E-state index >= 15 is 0 Å². The van der Waals surface area contributed by atoms with E-state index in [-0.39, 0.29) is 23.8 Å². The minimum atomic E-state index is -4.12. The zero-order valence-electron chi connectivity index (χ0n) is 23.4. The van der Waals surface area contributed by atoms with E-state index in [1.807, 2.05) is 43.3 Å². The zero-order chi connectivity index (χ0) is 30.0. The van der Waals surface area contributed by atoms with E-state index in [1.54, 1.807) is 66.7 Å². The third-order valence-electron chi connectivity index (χ3n) is 6.77. The molecule has 218 valence electrons. The van der Waals surface area contributed by atoms with Gasteiger partial charge < -0.3 is 10.2 Å². The Morgan fingerprint density at radius 1 is 0.810 bits per heavy atom. The summed E-state index contributed by atoms with van der Waals surface area (Å²) >= 11 is 6.51. The van der Waals surface area contributed by atoms with Crippen LogP contribution >= 0.6 is 11.6 Å². The predicted molar refractivity (Wildman–Crippen MR) is 167 cm³/mol. The molecule has 0 saturated heterocycles.